The number of hydrogen-bond acceptors (Lipinski definition) is 5. The second kappa shape index (κ2) is 8.52. The van der Waals surface area contributed by atoms with Crippen molar-refractivity contribution >= 4 is 23.6 Å². The van der Waals surface area contributed by atoms with Crippen LogP contribution in [-0.2, 0) is 19.1 Å². The van der Waals surface area contributed by atoms with Gasteiger partial charge < -0.3 is 14.8 Å². The van der Waals surface area contributed by atoms with Crippen molar-refractivity contribution in [3.8, 4) is 0 Å². The molecular formula is C14H25NO4S. The van der Waals surface area contributed by atoms with Crippen molar-refractivity contribution in [2.24, 2.45) is 5.41 Å². The van der Waals surface area contributed by atoms with Crippen molar-refractivity contribution < 1.29 is 19.1 Å². The molecule has 0 aromatic carbocycles. The second-order valence-corrected chi connectivity index (χ2v) is 6.67. The van der Waals surface area contributed by atoms with Crippen LogP contribution in [0.2, 0.25) is 0 Å². The van der Waals surface area contributed by atoms with E-state index in [2.05, 4.69) is 5.32 Å². The predicted molar refractivity (Wildman–Crippen MR) is 79.7 cm³/mol. The van der Waals surface area contributed by atoms with Gasteiger partial charge in [-0.2, -0.15) is 0 Å². The molecule has 5 nitrogen and oxygen atoms in total. The van der Waals surface area contributed by atoms with E-state index in [1.807, 2.05) is 6.92 Å². The zero-order valence-corrected chi connectivity index (χ0v) is 13.4. The largest absolute Gasteiger partial charge is 0.469 e. The van der Waals surface area contributed by atoms with Crippen molar-refractivity contribution in [1.29, 1.82) is 0 Å². The number of esters is 1. The van der Waals surface area contributed by atoms with E-state index in [4.69, 9.17) is 9.47 Å². The Morgan fingerprint density at radius 2 is 2.05 bits per heavy atom. The lowest BCUT2D eigenvalue weighted by Gasteiger charge is -2.17. The highest BCUT2D eigenvalue weighted by Crippen LogP contribution is 2.51. The van der Waals surface area contributed by atoms with Gasteiger partial charge in [-0.25, -0.2) is 0 Å². The maximum atomic E-state index is 11.9. The zero-order chi connectivity index (χ0) is 15.0. The summed E-state index contributed by atoms with van der Waals surface area (Å²) in [6.07, 6.45) is 3.40. The molecule has 0 heterocycles. The molecule has 1 rings (SSSR count). The van der Waals surface area contributed by atoms with Gasteiger partial charge in [0, 0.05) is 26.0 Å². The number of methoxy groups -OCH3 is 2. The number of thioether (sulfide) groups is 1. The van der Waals surface area contributed by atoms with Gasteiger partial charge in [-0.05, 0) is 31.6 Å². The third-order valence-corrected chi connectivity index (χ3v) is 5.03. The Morgan fingerprint density at radius 3 is 2.60 bits per heavy atom. The molecule has 1 N–H and O–H groups in total. The lowest BCUT2D eigenvalue weighted by Crippen LogP contribution is -2.32. The Bertz CT molecular complexity index is 331. The lowest BCUT2D eigenvalue weighted by atomic mass is 10.1. The van der Waals surface area contributed by atoms with Crippen molar-refractivity contribution in [2.75, 3.05) is 33.1 Å². The van der Waals surface area contributed by atoms with Crippen LogP contribution in [0.5, 0.6) is 0 Å². The van der Waals surface area contributed by atoms with E-state index < -0.39 is 0 Å². The van der Waals surface area contributed by atoms with Crippen molar-refractivity contribution in [3.63, 3.8) is 0 Å². The second-order valence-electron chi connectivity index (χ2n) is 5.34. The summed E-state index contributed by atoms with van der Waals surface area (Å²) in [4.78, 5) is 23.2. The van der Waals surface area contributed by atoms with E-state index in [0.717, 1.165) is 25.0 Å². The van der Waals surface area contributed by atoms with Gasteiger partial charge in [0.05, 0.1) is 18.8 Å². The normalized spacial score (nSPS) is 17.4. The molecule has 0 aromatic rings. The van der Waals surface area contributed by atoms with Crippen molar-refractivity contribution in [2.45, 2.75) is 37.9 Å². The minimum Gasteiger partial charge on any atom is -0.469 e. The van der Waals surface area contributed by atoms with Crippen LogP contribution in [0.4, 0.5) is 0 Å². The van der Waals surface area contributed by atoms with E-state index in [9.17, 15) is 9.59 Å². The molecule has 1 aliphatic rings. The highest BCUT2D eigenvalue weighted by Gasteiger charge is 2.44. The first-order chi connectivity index (χ1) is 9.53. The molecule has 1 fully saturated rings. The molecule has 0 radical (unpaired) electrons. The minimum absolute atomic E-state index is 0.0555. The molecule has 1 saturated carbocycles. The van der Waals surface area contributed by atoms with Gasteiger partial charge in [-0.3, -0.25) is 9.59 Å². The van der Waals surface area contributed by atoms with Crippen LogP contribution in [0.1, 0.15) is 32.6 Å². The average Bonchev–Trinajstić information content (AvgIpc) is 3.20. The minimum atomic E-state index is -0.153. The van der Waals surface area contributed by atoms with Crippen LogP contribution < -0.4 is 5.32 Å². The molecule has 0 bridgehead atoms. The first-order valence-electron chi connectivity index (χ1n) is 6.98. The van der Waals surface area contributed by atoms with Crippen LogP contribution in [0, 0.1) is 5.41 Å². The molecule has 0 aromatic heterocycles. The number of amides is 1. The first-order valence-corrected chi connectivity index (χ1v) is 8.03. The van der Waals surface area contributed by atoms with Gasteiger partial charge in [0.1, 0.15) is 0 Å². The van der Waals surface area contributed by atoms with Crippen molar-refractivity contribution in [3.05, 3.63) is 0 Å². The van der Waals surface area contributed by atoms with Gasteiger partial charge >= 0.3 is 5.97 Å². The van der Waals surface area contributed by atoms with Crippen LogP contribution in [0.15, 0.2) is 0 Å². The highest BCUT2D eigenvalue weighted by molar-refractivity contribution is 8.00. The zero-order valence-electron chi connectivity index (χ0n) is 12.6. The summed E-state index contributed by atoms with van der Waals surface area (Å²) in [5.41, 5.74) is 0.0718. The highest BCUT2D eigenvalue weighted by atomic mass is 32.2. The average molecular weight is 303 g/mol. The molecule has 0 spiro atoms. The number of hydrogen-bond donors (Lipinski definition) is 1. The summed E-state index contributed by atoms with van der Waals surface area (Å²) in [5.74, 6) is 0.745. The fourth-order valence-electron chi connectivity index (χ4n) is 1.88. The number of ether oxygens (including phenoxy) is 2. The molecule has 20 heavy (non-hydrogen) atoms. The van der Waals surface area contributed by atoms with Gasteiger partial charge in [0.25, 0.3) is 0 Å². The number of nitrogens with one attached hydrogen (secondary N) is 1. The van der Waals surface area contributed by atoms with Crippen molar-refractivity contribution in [1.82, 2.24) is 5.32 Å². The van der Waals surface area contributed by atoms with Crippen LogP contribution in [0.3, 0.4) is 0 Å². The summed E-state index contributed by atoms with van der Waals surface area (Å²) in [6, 6.07) is 0. The van der Waals surface area contributed by atoms with E-state index in [-0.39, 0.29) is 22.5 Å². The molecule has 0 aliphatic heterocycles. The smallest absolute Gasteiger partial charge is 0.306 e. The third-order valence-electron chi connectivity index (χ3n) is 3.54. The first kappa shape index (κ1) is 17.3. The Labute approximate surface area is 125 Å². The molecule has 1 atom stereocenters. The molecule has 1 aliphatic carbocycles. The maximum absolute atomic E-state index is 11.9. The molecule has 6 heteroatoms. The van der Waals surface area contributed by atoms with Gasteiger partial charge in [0.2, 0.25) is 5.91 Å². The molecule has 1 amide bonds. The fraction of sp³-hybridized carbons (Fsp3) is 0.857. The standard InChI is InChI=1S/C14H25NO4S/c1-11(13(17)15-7-4-8-18-2)20-10-14(5-6-14)9-12(16)19-3/h11H,4-10H2,1-3H3,(H,15,17). The molecule has 116 valence electrons. The SMILES string of the molecule is COCCCNC(=O)C(C)SCC1(CC(=O)OC)CC1. The van der Waals surface area contributed by atoms with E-state index in [1.165, 1.54) is 7.11 Å². The molecule has 1 unspecified atom stereocenters. The fourth-order valence-corrected chi connectivity index (χ4v) is 3.11. The van der Waals surface area contributed by atoms with Gasteiger partial charge in [-0.1, -0.05) is 0 Å². The van der Waals surface area contributed by atoms with E-state index >= 15 is 0 Å². The lowest BCUT2D eigenvalue weighted by molar-refractivity contribution is -0.141. The molecule has 0 saturated heterocycles. The maximum Gasteiger partial charge on any atom is 0.306 e. The Morgan fingerprint density at radius 1 is 1.35 bits per heavy atom. The number of rotatable bonds is 10. The summed E-state index contributed by atoms with van der Waals surface area (Å²) in [5, 5.41) is 2.80. The Kier molecular flexibility index (Phi) is 7.37. The van der Waals surface area contributed by atoms with Crippen LogP contribution >= 0.6 is 11.8 Å². The van der Waals surface area contributed by atoms with Crippen LogP contribution in [0.25, 0.3) is 0 Å². The Hall–Kier alpha value is -0.750. The summed E-state index contributed by atoms with van der Waals surface area (Å²) < 4.78 is 9.65. The third kappa shape index (κ3) is 6.13. The summed E-state index contributed by atoms with van der Waals surface area (Å²) >= 11 is 1.62. The summed E-state index contributed by atoms with van der Waals surface area (Å²) in [7, 11) is 3.07. The Balaban J connectivity index is 2.20. The van der Waals surface area contributed by atoms with E-state index in [0.29, 0.717) is 19.6 Å². The molecular weight excluding hydrogens is 278 g/mol. The van der Waals surface area contributed by atoms with Crippen LogP contribution in [-0.4, -0.2) is 50.3 Å². The topological polar surface area (TPSA) is 64.6 Å². The number of carbonyl (C=O) groups excluding carboxylic acids is 2. The predicted octanol–water partition coefficient (Wildman–Crippen LogP) is 1.60. The number of carbonyl (C=O) groups is 2. The van der Waals surface area contributed by atoms with E-state index in [1.54, 1.807) is 18.9 Å². The van der Waals surface area contributed by atoms with Gasteiger partial charge in [0.15, 0.2) is 0 Å². The monoisotopic (exact) mass is 303 g/mol. The van der Waals surface area contributed by atoms with Gasteiger partial charge in [-0.15, -0.1) is 11.8 Å². The quantitative estimate of drug-likeness (QED) is 0.490. The summed E-state index contributed by atoms with van der Waals surface area (Å²) in [6.45, 7) is 3.21.